The van der Waals surface area contributed by atoms with Gasteiger partial charge in [-0.2, -0.15) is 4.31 Å². The van der Waals surface area contributed by atoms with Crippen molar-refractivity contribution < 1.29 is 17.9 Å². The Bertz CT molecular complexity index is 614. The van der Waals surface area contributed by atoms with Gasteiger partial charge in [0.15, 0.2) is 0 Å². The van der Waals surface area contributed by atoms with Crippen molar-refractivity contribution in [2.75, 3.05) is 26.5 Å². The van der Waals surface area contributed by atoms with Crippen LogP contribution in [0.2, 0.25) is 0 Å². The number of para-hydroxylation sites is 1. The minimum atomic E-state index is -3.42. The summed E-state index contributed by atoms with van der Waals surface area (Å²) in [6, 6.07) is 7.25. The maximum Gasteiger partial charge on any atom is 0.221 e. The van der Waals surface area contributed by atoms with Crippen LogP contribution in [0.4, 0.5) is 0 Å². The van der Waals surface area contributed by atoms with Gasteiger partial charge in [0, 0.05) is 31.6 Å². The van der Waals surface area contributed by atoms with Crippen LogP contribution in [0.25, 0.3) is 0 Å². The lowest BCUT2D eigenvalue weighted by Gasteiger charge is -2.21. The third-order valence-electron chi connectivity index (χ3n) is 3.30. The molecule has 23 heavy (non-hydrogen) atoms. The summed E-state index contributed by atoms with van der Waals surface area (Å²) in [6.45, 7) is 4.92. The van der Waals surface area contributed by atoms with Gasteiger partial charge in [-0.05, 0) is 12.0 Å². The number of nitrogens with one attached hydrogen (secondary N) is 1. The van der Waals surface area contributed by atoms with Gasteiger partial charge in [0.25, 0.3) is 0 Å². The second-order valence-electron chi connectivity index (χ2n) is 5.86. The van der Waals surface area contributed by atoms with Crippen LogP contribution >= 0.6 is 0 Å². The summed E-state index contributed by atoms with van der Waals surface area (Å²) in [5.74, 6) is 0.844. The molecule has 0 aliphatic rings. The molecule has 0 saturated carbocycles. The molecule has 1 N–H and O–H groups in total. The Kier molecular flexibility index (Phi) is 7.51. The van der Waals surface area contributed by atoms with Gasteiger partial charge < -0.3 is 10.1 Å². The number of hydrogen-bond acceptors (Lipinski definition) is 4. The first-order chi connectivity index (χ1) is 10.7. The number of carbonyl (C=O) groups is 1. The van der Waals surface area contributed by atoms with Crippen LogP contribution in [-0.4, -0.2) is 45.1 Å². The number of nitrogens with zero attached hydrogens (tertiary/aromatic N) is 1. The number of ether oxygens (including phenoxy) is 1. The maximum absolute atomic E-state index is 12.0. The Morgan fingerprint density at radius 2 is 1.96 bits per heavy atom. The van der Waals surface area contributed by atoms with Crippen molar-refractivity contribution in [2.24, 2.45) is 5.92 Å². The van der Waals surface area contributed by atoms with Crippen LogP contribution in [0.3, 0.4) is 0 Å². The van der Waals surface area contributed by atoms with Crippen molar-refractivity contribution in [3.05, 3.63) is 29.8 Å². The Morgan fingerprint density at radius 1 is 1.30 bits per heavy atom. The van der Waals surface area contributed by atoms with Crippen molar-refractivity contribution in [3.63, 3.8) is 0 Å². The first-order valence-electron chi connectivity index (χ1n) is 7.57. The third-order valence-corrected chi connectivity index (χ3v) is 4.55. The fourth-order valence-electron chi connectivity index (χ4n) is 2.02. The van der Waals surface area contributed by atoms with Crippen LogP contribution in [0.1, 0.15) is 25.8 Å². The van der Waals surface area contributed by atoms with E-state index in [0.29, 0.717) is 18.2 Å². The smallest absolute Gasteiger partial charge is 0.221 e. The fraction of sp³-hybridized carbons (Fsp3) is 0.562. The predicted molar refractivity (Wildman–Crippen MR) is 90.7 cm³/mol. The number of benzene rings is 1. The molecule has 1 rings (SSSR count). The lowest BCUT2D eigenvalue weighted by atomic mass is 10.2. The van der Waals surface area contributed by atoms with Gasteiger partial charge in [-0.3, -0.25) is 4.79 Å². The van der Waals surface area contributed by atoms with Crippen molar-refractivity contribution in [1.29, 1.82) is 0 Å². The highest BCUT2D eigenvalue weighted by Gasteiger charge is 2.19. The molecule has 0 unspecified atom stereocenters. The molecular weight excluding hydrogens is 316 g/mol. The van der Waals surface area contributed by atoms with E-state index < -0.39 is 10.0 Å². The lowest BCUT2D eigenvalue weighted by molar-refractivity contribution is -0.121. The van der Waals surface area contributed by atoms with Crippen LogP contribution in [0, 0.1) is 5.92 Å². The highest BCUT2D eigenvalue weighted by atomic mass is 32.2. The monoisotopic (exact) mass is 342 g/mol. The Labute approximate surface area is 138 Å². The predicted octanol–water partition coefficient (Wildman–Crippen LogP) is 1.62. The van der Waals surface area contributed by atoms with E-state index in [2.05, 4.69) is 5.32 Å². The number of sulfonamides is 1. The molecule has 0 aliphatic carbocycles. The quantitative estimate of drug-likeness (QED) is 0.740. The summed E-state index contributed by atoms with van der Waals surface area (Å²) in [7, 11) is -1.87. The van der Waals surface area contributed by atoms with E-state index in [4.69, 9.17) is 4.74 Å². The molecule has 0 fully saturated rings. The molecule has 7 heteroatoms. The van der Waals surface area contributed by atoms with Gasteiger partial charge in [0.2, 0.25) is 15.9 Å². The first-order valence-corrected chi connectivity index (χ1v) is 9.42. The molecule has 1 aromatic carbocycles. The number of carbonyl (C=O) groups excluding carboxylic acids is 1. The zero-order chi connectivity index (χ0) is 17.5. The molecule has 0 aromatic heterocycles. The molecule has 1 aromatic rings. The zero-order valence-corrected chi connectivity index (χ0v) is 15.0. The third kappa shape index (κ3) is 7.00. The maximum atomic E-state index is 12.0. The molecule has 0 bridgehead atoms. The Morgan fingerprint density at radius 3 is 2.52 bits per heavy atom. The minimum Gasteiger partial charge on any atom is -0.496 e. The summed E-state index contributed by atoms with van der Waals surface area (Å²) in [4.78, 5) is 11.8. The minimum absolute atomic E-state index is 0.134. The summed E-state index contributed by atoms with van der Waals surface area (Å²) >= 11 is 0. The van der Waals surface area contributed by atoms with E-state index in [1.54, 1.807) is 13.2 Å². The number of methoxy groups -OCH3 is 1. The van der Waals surface area contributed by atoms with Crippen LogP contribution < -0.4 is 10.1 Å². The van der Waals surface area contributed by atoms with E-state index in [9.17, 15) is 13.2 Å². The normalized spacial score (nSPS) is 11.7. The van der Waals surface area contributed by atoms with E-state index in [-0.39, 0.29) is 25.4 Å². The standard InChI is InChI=1S/C16H26N2O4S/c1-13(2)11-17-16(19)9-10-18(23(4,20)21)12-14-7-5-6-8-15(14)22-3/h5-8,13H,9-12H2,1-4H3,(H,17,19). The average molecular weight is 342 g/mol. The molecule has 0 saturated heterocycles. The average Bonchev–Trinajstić information content (AvgIpc) is 2.48. The summed E-state index contributed by atoms with van der Waals surface area (Å²) in [5, 5.41) is 2.79. The molecule has 0 aliphatic heterocycles. The summed E-state index contributed by atoms with van der Waals surface area (Å²) in [5.41, 5.74) is 0.767. The Hall–Kier alpha value is -1.60. The van der Waals surface area contributed by atoms with Crippen LogP contribution in [-0.2, 0) is 21.4 Å². The van der Waals surface area contributed by atoms with Crippen molar-refractivity contribution in [2.45, 2.75) is 26.8 Å². The number of hydrogen-bond donors (Lipinski definition) is 1. The molecule has 0 radical (unpaired) electrons. The van der Waals surface area contributed by atoms with Gasteiger partial charge in [-0.25, -0.2) is 8.42 Å². The van der Waals surface area contributed by atoms with Crippen LogP contribution in [0.15, 0.2) is 24.3 Å². The van der Waals surface area contributed by atoms with Gasteiger partial charge in [0.1, 0.15) is 5.75 Å². The molecular formula is C16H26N2O4S. The SMILES string of the molecule is COc1ccccc1CN(CCC(=O)NCC(C)C)S(C)(=O)=O. The number of amides is 1. The molecule has 0 spiro atoms. The van der Waals surface area contributed by atoms with Crippen molar-refractivity contribution in [1.82, 2.24) is 9.62 Å². The summed E-state index contributed by atoms with van der Waals surface area (Å²) < 4.78 is 30.5. The second-order valence-corrected chi connectivity index (χ2v) is 7.84. The van der Waals surface area contributed by atoms with Gasteiger partial charge in [0.05, 0.1) is 13.4 Å². The molecule has 1 amide bonds. The number of rotatable bonds is 9. The van der Waals surface area contributed by atoms with Crippen molar-refractivity contribution in [3.8, 4) is 5.75 Å². The zero-order valence-electron chi connectivity index (χ0n) is 14.2. The fourth-order valence-corrected chi connectivity index (χ4v) is 2.81. The lowest BCUT2D eigenvalue weighted by Crippen LogP contribution is -2.35. The molecule has 0 atom stereocenters. The largest absolute Gasteiger partial charge is 0.496 e. The van der Waals surface area contributed by atoms with Gasteiger partial charge >= 0.3 is 0 Å². The van der Waals surface area contributed by atoms with E-state index in [1.807, 2.05) is 32.0 Å². The topological polar surface area (TPSA) is 75.7 Å². The second kappa shape index (κ2) is 8.88. The Balaban J connectivity index is 2.73. The highest BCUT2D eigenvalue weighted by molar-refractivity contribution is 7.88. The van der Waals surface area contributed by atoms with E-state index in [0.717, 1.165) is 11.8 Å². The summed E-state index contributed by atoms with van der Waals surface area (Å²) in [6.07, 6.45) is 1.28. The van der Waals surface area contributed by atoms with E-state index >= 15 is 0 Å². The van der Waals surface area contributed by atoms with Gasteiger partial charge in [-0.15, -0.1) is 0 Å². The molecule has 130 valence electrons. The van der Waals surface area contributed by atoms with Crippen molar-refractivity contribution >= 4 is 15.9 Å². The highest BCUT2D eigenvalue weighted by Crippen LogP contribution is 2.20. The first kappa shape index (κ1) is 19.4. The van der Waals surface area contributed by atoms with E-state index in [1.165, 1.54) is 4.31 Å². The molecule has 0 heterocycles. The van der Waals surface area contributed by atoms with Gasteiger partial charge in [-0.1, -0.05) is 32.0 Å². The molecule has 6 nitrogen and oxygen atoms in total. The van der Waals surface area contributed by atoms with Crippen LogP contribution in [0.5, 0.6) is 5.75 Å².